The van der Waals surface area contributed by atoms with E-state index in [-0.39, 0.29) is 11.4 Å². The van der Waals surface area contributed by atoms with Crippen molar-refractivity contribution in [3.8, 4) is 5.75 Å². The van der Waals surface area contributed by atoms with Gasteiger partial charge in [-0.2, -0.15) is 0 Å². The molecule has 0 atom stereocenters. The number of ether oxygens (including phenoxy) is 1. The molecule has 0 radical (unpaired) electrons. The Balaban J connectivity index is 2.69. The highest BCUT2D eigenvalue weighted by atomic mass is 16.5. The molecule has 0 aliphatic rings. The molecule has 94 valence electrons. The fraction of sp³-hybridized carbons (Fsp3) is 0.500. The zero-order valence-corrected chi connectivity index (χ0v) is 11.0. The Labute approximate surface area is 103 Å². The summed E-state index contributed by atoms with van der Waals surface area (Å²) in [5.41, 5.74) is 0.501. The van der Waals surface area contributed by atoms with Crippen LogP contribution in [0.25, 0.3) is 0 Å². The maximum atomic E-state index is 12.0. The largest absolute Gasteiger partial charge is 0.497 e. The van der Waals surface area contributed by atoms with E-state index >= 15 is 0 Å². The van der Waals surface area contributed by atoms with Gasteiger partial charge in [0.15, 0.2) is 0 Å². The molecule has 3 heteroatoms. The summed E-state index contributed by atoms with van der Waals surface area (Å²) in [5, 5.41) is 3.03. The summed E-state index contributed by atoms with van der Waals surface area (Å²) in [6, 6.07) is 7.13. The van der Waals surface area contributed by atoms with Crippen LogP contribution in [0.15, 0.2) is 24.3 Å². The van der Waals surface area contributed by atoms with Gasteiger partial charge in [-0.15, -0.1) is 0 Å². The number of hydrogen-bond acceptors (Lipinski definition) is 2. The van der Waals surface area contributed by atoms with Crippen molar-refractivity contribution >= 4 is 5.91 Å². The van der Waals surface area contributed by atoms with E-state index in [9.17, 15) is 4.79 Å². The molecule has 1 aromatic rings. The number of carbonyl (C=O) groups is 1. The van der Waals surface area contributed by atoms with Crippen molar-refractivity contribution in [1.82, 2.24) is 5.32 Å². The summed E-state index contributed by atoms with van der Waals surface area (Å²) >= 11 is 0. The van der Waals surface area contributed by atoms with Crippen LogP contribution in [-0.4, -0.2) is 18.6 Å². The lowest BCUT2D eigenvalue weighted by Crippen LogP contribution is -2.43. The molecule has 1 N–H and O–H groups in total. The van der Waals surface area contributed by atoms with Gasteiger partial charge in [0.05, 0.1) is 7.11 Å². The molecule has 3 nitrogen and oxygen atoms in total. The van der Waals surface area contributed by atoms with Crippen LogP contribution < -0.4 is 10.1 Å². The van der Waals surface area contributed by atoms with Gasteiger partial charge in [-0.3, -0.25) is 4.79 Å². The van der Waals surface area contributed by atoms with Crippen LogP contribution in [-0.2, 0) is 0 Å². The minimum absolute atomic E-state index is 0.0360. The molecule has 0 aliphatic carbocycles. The average Bonchev–Trinajstić information content (AvgIpc) is 2.28. The number of methoxy groups -OCH3 is 1. The van der Waals surface area contributed by atoms with Gasteiger partial charge >= 0.3 is 0 Å². The van der Waals surface area contributed by atoms with Crippen LogP contribution >= 0.6 is 0 Å². The first-order valence-electron chi connectivity index (χ1n) is 5.95. The van der Waals surface area contributed by atoms with Crippen molar-refractivity contribution in [2.45, 2.75) is 39.2 Å². The van der Waals surface area contributed by atoms with E-state index in [0.717, 1.165) is 18.6 Å². The van der Waals surface area contributed by atoms with Crippen LogP contribution in [0.3, 0.4) is 0 Å². The van der Waals surface area contributed by atoms with Crippen molar-refractivity contribution < 1.29 is 9.53 Å². The third-order valence-corrected chi connectivity index (χ3v) is 2.68. The Morgan fingerprint density at radius 3 is 2.35 bits per heavy atom. The molecule has 1 rings (SSSR count). The summed E-state index contributed by atoms with van der Waals surface area (Å²) < 4.78 is 5.06. The summed E-state index contributed by atoms with van der Waals surface area (Å²) in [7, 11) is 1.61. The molecule has 1 amide bonds. The lowest BCUT2D eigenvalue weighted by atomic mass is 9.98. The fourth-order valence-corrected chi connectivity index (χ4v) is 1.81. The van der Waals surface area contributed by atoms with Crippen LogP contribution in [0, 0.1) is 0 Å². The summed E-state index contributed by atoms with van der Waals surface area (Å²) in [5.74, 6) is 0.723. The maximum Gasteiger partial charge on any atom is 0.251 e. The van der Waals surface area contributed by atoms with Crippen molar-refractivity contribution in [2.75, 3.05) is 7.11 Å². The molecule has 1 aromatic carbocycles. The lowest BCUT2D eigenvalue weighted by molar-refractivity contribution is 0.0909. The molecule has 0 saturated heterocycles. The monoisotopic (exact) mass is 235 g/mol. The number of rotatable bonds is 5. The molecular formula is C14H21NO2. The summed E-state index contributed by atoms with van der Waals surface area (Å²) in [4.78, 5) is 12.0. The average molecular weight is 235 g/mol. The van der Waals surface area contributed by atoms with E-state index in [0.29, 0.717) is 5.56 Å². The first kappa shape index (κ1) is 13.6. The molecule has 0 spiro atoms. The minimum Gasteiger partial charge on any atom is -0.497 e. The van der Waals surface area contributed by atoms with Crippen molar-refractivity contribution in [3.05, 3.63) is 29.8 Å². The normalized spacial score (nSPS) is 11.1. The van der Waals surface area contributed by atoms with Gasteiger partial charge in [-0.1, -0.05) is 13.3 Å². The quantitative estimate of drug-likeness (QED) is 0.852. The van der Waals surface area contributed by atoms with E-state index in [1.54, 1.807) is 31.4 Å². The van der Waals surface area contributed by atoms with Gasteiger partial charge < -0.3 is 10.1 Å². The standard InChI is InChI=1S/C14H21NO2/c1-5-10-14(2,3)15-13(16)11-6-8-12(17-4)9-7-11/h6-9H,5,10H2,1-4H3,(H,15,16). The second-order valence-corrected chi connectivity index (χ2v) is 4.82. The number of nitrogens with one attached hydrogen (secondary N) is 1. The number of amides is 1. The number of benzene rings is 1. The topological polar surface area (TPSA) is 38.3 Å². The fourth-order valence-electron chi connectivity index (χ4n) is 1.81. The predicted octanol–water partition coefficient (Wildman–Crippen LogP) is 3.00. The predicted molar refractivity (Wildman–Crippen MR) is 69.4 cm³/mol. The Morgan fingerprint density at radius 2 is 1.88 bits per heavy atom. The van der Waals surface area contributed by atoms with E-state index in [1.165, 1.54) is 0 Å². The molecule has 0 aromatic heterocycles. The Kier molecular flexibility index (Phi) is 4.55. The highest BCUT2D eigenvalue weighted by Gasteiger charge is 2.19. The second kappa shape index (κ2) is 5.71. The van der Waals surface area contributed by atoms with E-state index in [2.05, 4.69) is 12.2 Å². The molecule has 0 fully saturated rings. The highest BCUT2D eigenvalue weighted by molar-refractivity contribution is 5.94. The SMILES string of the molecule is CCCC(C)(C)NC(=O)c1ccc(OC)cc1. The van der Waals surface area contributed by atoms with E-state index in [1.807, 2.05) is 13.8 Å². The highest BCUT2D eigenvalue weighted by Crippen LogP contribution is 2.14. The van der Waals surface area contributed by atoms with Crippen molar-refractivity contribution in [1.29, 1.82) is 0 Å². The number of hydrogen-bond donors (Lipinski definition) is 1. The zero-order chi connectivity index (χ0) is 12.9. The minimum atomic E-state index is -0.161. The Morgan fingerprint density at radius 1 is 1.29 bits per heavy atom. The molecule has 17 heavy (non-hydrogen) atoms. The zero-order valence-electron chi connectivity index (χ0n) is 11.0. The second-order valence-electron chi connectivity index (χ2n) is 4.82. The smallest absolute Gasteiger partial charge is 0.251 e. The van der Waals surface area contributed by atoms with Crippen LogP contribution in [0.1, 0.15) is 44.0 Å². The Hall–Kier alpha value is -1.51. The molecule has 0 aliphatic heterocycles. The third-order valence-electron chi connectivity index (χ3n) is 2.68. The molecule has 0 bridgehead atoms. The summed E-state index contributed by atoms with van der Waals surface area (Å²) in [6.45, 7) is 6.19. The van der Waals surface area contributed by atoms with Crippen molar-refractivity contribution in [2.24, 2.45) is 0 Å². The van der Waals surface area contributed by atoms with Gasteiger partial charge in [0.2, 0.25) is 0 Å². The molecular weight excluding hydrogens is 214 g/mol. The maximum absolute atomic E-state index is 12.0. The molecule has 0 heterocycles. The lowest BCUT2D eigenvalue weighted by Gasteiger charge is -2.25. The van der Waals surface area contributed by atoms with Gasteiger partial charge in [-0.25, -0.2) is 0 Å². The Bertz CT molecular complexity index is 368. The van der Waals surface area contributed by atoms with Crippen molar-refractivity contribution in [3.63, 3.8) is 0 Å². The third kappa shape index (κ3) is 4.10. The van der Waals surface area contributed by atoms with E-state index < -0.39 is 0 Å². The first-order valence-corrected chi connectivity index (χ1v) is 5.95. The van der Waals surface area contributed by atoms with Crippen LogP contribution in [0.2, 0.25) is 0 Å². The first-order chi connectivity index (χ1) is 7.98. The molecule has 0 saturated carbocycles. The van der Waals surface area contributed by atoms with Crippen LogP contribution in [0.5, 0.6) is 5.75 Å². The molecule has 0 unspecified atom stereocenters. The van der Waals surface area contributed by atoms with Gasteiger partial charge in [-0.05, 0) is 44.5 Å². The van der Waals surface area contributed by atoms with Gasteiger partial charge in [0, 0.05) is 11.1 Å². The van der Waals surface area contributed by atoms with Gasteiger partial charge in [0.25, 0.3) is 5.91 Å². The summed E-state index contributed by atoms with van der Waals surface area (Å²) in [6.07, 6.45) is 2.02. The van der Waals surface area contributed by atoms with Gasteiger partial charge in [0.1, 0.15) is 5.75 Å². The van der Waals surface area contributed by atoms with E-state index in [4.69, 9.17) is 4.74 Å². The number of carbonyl (C=O) groups excluding carboxylic acids is 1. The van der Waals surface area contributed by atoms with Crippen LogP contribution in [0.4, 0.5) is 0 Å².